The quantitative estimate of drug-likeness (QED) is 0.831. The van der Waals surface area contributed by atoms with E-state index in [2.05, 4.69) is 15.5 Å². The van der Waals surface area contributed by atoms with E-state index in [4.69, 9.17) is 4.52 Å². The van der Waals surface area contributed by atoms with Crippen LogP contribution in [0.25, 0.3) is 0 Å². The summed E-state index contributed by atoms with van der Waals surface area (Å²) in [6.45, 7) is 2.46. The van der Waals surface area contributed by atoms with Crippen LogP contribution >= 0.6 is 11.3 Å². The van der Waals surface area contributed by atoms with E-state index in [1.165, 1.54) is 21.9 Å². The first kappa shape index (κ1) is 17.6. The molecule has 2 aromatic heterocycles. The van der Waals surface area contributed by atoms with Gasteiger partial charge in [-0.1, -0.05) is 11.2 Å². The molecule has 2 aliphatic rings. The summed E-state index contributed by atoms with van der Waals surface area (Å²) in [4.78, 5) is 17.5. The van der Waals surface area contributed by atoms with Crippen LogP contribution < -0.4 is 5.32 Å². The largest absolute Gasteiger partial charge is 0.349 e. The number of carbonyl (C=O) groups excluding carboxylic acids is 1. The first-order valence-electron chi connectivity index (χ1n) is 8.38. The van der Waals surface area contributed by atoms with Crippen LogP contribution in [-0.2, 0) is 15.4 Å². The molecule has 4 rings (SSSR count). The van der Waals surface area contributed by atoms with Crippen LogP contribution in [0.4, 0.5) is 0 Å². The predicted octanol–water partition coefficient (Wildman–Crippen LogP) is 1.16. The molecule has 0 unspecified atom stereocenters. The fraction of sp³-hybridized carbons (Fsp3) is 0.562. The van der Waals surface area contributed by atoms with Gasteiger partial charge >= 0.3 is 0 Å². The Morgan fingerprint density at radius 2 is 2.31 bits per heavy atom. The summed E-state index contributed by atoms with van der Waals surface area (Å²) < 4.78 is 31.0. The van der Waals surface area contributed by atoms with E-state index in [1.54, 1.807) is 13.0 Å². The molecular formula is C16H20N4O4S2. The number of fused-ring (bicyclic) bond motifs is 1. The molecule has 0 radical (unpaired) electrons. The van der Waals surface area contributed by atoms with Crippen molar-refractivity contribution >= 4 is 27.3 Å². The number of rotatable bonds is 4. The highest BCUT2D eigenvalue weighted by molar-refractivity contribution is 7.88. The summed E-state index contributed by atoms with van der Waals surface area (Å²) in [6, 6.07) is 3.58. The average molecular weight is 396 g/mol. The zero-order valence-electron chi connectivity index (χ0n) is 14.5. The van der Waals surface area contributed by atoms with Crippen molar-refractivity contribution in [1.82, 2.24) is 19.8 Å². The van der Waals surface area contributed by atoms with Gasteiger partial charge in [0.25, 0.3) is 5.91 Å². The van der Waals surface area contributed by atoms with E-state index in [9.17, 15) is 13.2 Å². The Bertz CT molecular complexity index is 924. The summed E-state index contributed by atoms with van der Waals surface area (Å²) in [5.41, 5.74) is -0.544. The maximum atomic E-state index is 12.4. The van der Waals surface area contributed by atoms with Gasteiger partial charge in [-0.05, 0) is 37.1 Å². The monoisotopic (exact) mass is 396 g/mol. The number of nitrogens with one attached hydrogen (secondary N) is 1. The fourth-order valence-electron chi connectivity index (χ4n) is 4.18. The van der Waals surface area contributed by atoms with Crippen LogP contribution in [0.15, 0.2) is 22.0 Å². The van der Waals surface area contributed by atoms with Gasteiger partial charge in [-0.2, -0.15) is 4.98 Å². The highest BCUT2D eigenvalue weighted by Crippen LogP contribution is 2.50. The first-order chi connectivity index (χ1) is 12.3. The van der Waals surface area contributed by atoms with Crippen LogP contribution in [-0.4, -0.2) is 54.2 Å². The molecule has 0 spiro atoms. The van der Waals surface area contributed by atoms with Gasteiger partial charge in [0.2, 0.25) is 15.9 Å². The molecule has 3 atom stereocenters. The molecule has 10 heteroatoms. The van der Waals surface area contributed by atoms with E-state index < -0.39 is 15.4 Å². The van der Waals surface area contributed by atoms with Crippen LogP contribution in [0.5, 0.6) is 0 Å². The second-order valence-corrected chi connectivity index (χ2v) is 10.1. The second kappa shape index (κ2) is 6.14. The molecule has 1 aliphatic carbocycles. The Kier molecular flexibility index (Phi) is 4.16. The molecule has 3 heterocycles. The van der Waals surface area contributed by atoms with E-state index in [-0.39, 0.29) is 17.9 Å². The van der Waals surface area contributed by atoms with Crippen LogP contribution in [0, 0.1) is 12.8 Å². The molecule has 140 valence electrons. The van der Waals surface area contributed by atoms with Crippen molar-refractivity contribution in [3.63, 3.8) is 0 Å². The molecule has 2 fully saturated rings. The lowest BCUT2D eigenvalue weighted by Gasteiger charge is -2.24. The number of amides is 1. The van der Waals surface area contributed by atoms with Gasteiger partial charge in [-0.15, -0.1) is 11.3 Å². The van der Waals surface area contributed by atoms with E-state index in [0.29, 0.717) is 42.5 Å². The molecular weight excluding hydrogens is 376 g/mol. The van der Waals surface area contributed by atoms with Crippen molar-refractivity contribution in [2.45, 2.75) is 31.2 Å². The third-order valence-electron chi connectivity index (χ3n) is 5.35. The van der Waals surface area contributed by atoms with Gasteiger partial charge < -0.3 is 9.84 Å². The number of carbonyl (C=O) groups is 1. The van der Waals surface area contributed by atoms with Gasteiger partial charge in [0.1, 0.15) is 0 Å². The fourth-order valence-corrected chi connectivity index (χ4v) is 5.72. The first-order valence-corrected chi connectivity index (χ1v) is 11.1. The number of sulfonamides is 1. The molecule has 1 amide bonds. The Hall–Kier alpha value is -1.78. The van der Waals surface area contributed by atoms with Crippen LogP contribution in [0.3, 0.4) is 0 Å². The van der Waals surface area contributed by atoms with Crippen molar-refractivity contribution in [2.24, 2.45) is 5.92 Å². The SMILES string of the molecule is Cc1noc([C@]23C[C@H](NC(=O)c4cccs4)C[C@H]2CN(S(C)(=O)=O)C3)n1. The van der Waals surface area contributed by atoms with Crippen molar-refractivity contribution in [3.05, 3.63) is 34.1 Å². The molecule has 1 saturated carbocycles. The maximum Gasteiger partial charge on any atom is 0.261 e. The molecule has 8 nitrogen and oxygen atoms in total. The number of hydrogen-bond acceptors (Lipinski definition) is 7. The number of hydrogen-bond donors (Lipinski definition) is 1. The lowest BCUT2D eigenvalue weighted by Crippen LogP contribution is -2.39. The van der Waals surface area contributed by atoms with Crippen molar-refractivity contribution < 1.29 is 17.7 Å². The molecule has 26 heavy (non-hydrogen) atoms. The number of thiophene rings is 1. The zero-order chi connectivity index (χ0) is 18.5. The zero-order valence-corrected chi connectivity index (χ0v) is 16.1. The van der Waals surface area contributed by atoms with Crippen LogP contribution in [0.1, 0.15) is 34.2 Å². The summed E-state index contributed by atoms with van der Waals surface area (Å²) in [5, 5.41) is 8.83. The van der Waals surface area contributed by atoms with Gasteiger partial charge in [0.15, 0.2) is 5.82 Å². The number of nitrogens with zero attached hydrogens (tertiary/aromatic N) is 3. The third kappa shape index (κ3) is 2.95. The maximum absolute atomic E-state index is 12.4. The predicted molar refractivity (Wildman–Crippen MR) is 95.4 cm³/mol. The van der Waals surface area contributed by atoms with Crippen molar-refractivity contribution in [1.29, 1.82) is 0 Å². The van der Waals surface area contributed by atoms with Gasteiger partial charge in [-0.25, -0.2) is 12.7 Å². The van der Waals surface area contributed by atoms with Crippen molar-refractivity contribution in [3.8, 4) is 0 Å². The molecule has 2 aromatic rings. The molecule has 1 saturated heterocycles. The average Bonchev–Trinajstić information content (AvgIpc) is 3.28. The van der Waals surface area contributed by atoms with Gasteiger partial charge in [0, 0.05) is 19.1 Å². The minimum Gasteiger partial charge on any atom is -0.349 e. The lowest BCUT2D eigenvalue weighted by atomic mass is 9.80. The molecule has 1 aliphatic heterocycles. The van der Waals surface area contributed by atoms with E-state index >= 15 is 0 Å². The summed E-state index contributed by atoms with van der Waals surface area (Å²) >= 11 is 1.40. The second-order valence-electron chi connectivity index (χ2n) is 7.14. The highest BCUT2D eigenvalue weighted by Gasteiger charge is 2.59. The summed E-state index contributed by atoms with van der Waals surface area (Å²) in [7, 11) is -3.30. The Morgan fingerprint density at radius 1 is 1.50 bits per heavy atom. The topological polar surface area (TPSA) is 105 Å². The number of aromatic nitrogens is 2. The third-order valence-corrected chi connectivity index (χ3v) is 7.43. The van der Waals surface area contributed by atoms with E-state index in [1.807, 2.05) is 11.4 Å². The Labute approximate surface area is 155 Å². The molecule has 0 aromatic carbocycles. The number of aryl methyl sites for hydroxylation is 1. The normalized spacial score (nSPS) is 29.0. The van der Waals surface area contributed by atoms with Gasteiger partial charge in [0.05, 0.1) is 16.5 Å². The lowest BCUT2D eigenvalue weighted by molar-refractivity contribution is 0.0939. The summed E-state index contributed by atoms with van der Waals surface area (Å²) in [6.07, 6.45) is 2.49. The summed E-state index contributed by atoms with van der Waals surface area (Å²) in [5.74, 6) is 0.934. The standard InChI is InChI=1S/C16H20N4O4S2/c1-10-17-15(24-19-10)16-7-12(18-14(21)13-4-3-5-25-13)6-11(16)8-20(9-16)26(2,22)23/h3-5,11-12H,6-9H2,1-2H3,(H,18,21)/t11-,12+,16-/m0/s1. The smallest absolute Gasteiger partial charge is 0.261 e. The molecule has 0 bridgehead atoms. The van der Waals surface area contributed by atoms with Crippen molar-refractivity contribution in [2.75, 3.05) is 19.3 Å². The minimum atomic E-state index is -3.30. The highest BCUT2D eigenvalue weighted by atomic mass is 32.2. The molecule has 1 N–H and O–H groups in total. The van der Waals surface area contributed by atoms with Gasteiger partial charge in [-0.3, -0.25) is 4.79 Å². The Balaban J connectivity index is 1.60. The van der Waals surface area contributed by atoms with Crippen LogP contribution in [0.2, 0.25) is 0 Å². The Morgan fingerprint density at radius 3 is 2.92 bits per heavy atom. The minimum absolute atomic E-state index is 0.0331. The van der Waals surface area contributed by atoms with E-state index in [0.717, 1.165) is 0 Å².